The zero-order chi connectivity index (χ0) is 12.4. The summed E-state index contributed by atoms with van der Waals surface area (Å²) in [6.45, 7) is 0.464. The van der Waals surface area contributed by atoms with Crippen LogP contribution in [-0.2, 0) is 6.54 Å². The van der Waals surface area contributed by atoms with Crippen molar-refractivity contribution in [3.8, 4) is 11.5 Å². The van der Waals surface area contributed by atoms with Gasteiger partial charge in [-0.3, -0.25) is 4.98 Å². The van der Waals surface area contributed by atoms with E-state index in [2.05, 4.69) is 41.0 Å². The van der Waals surface area contributed by atoms with Crippen LogP contribution in [0.3, 0.4) is 0 Å². The van der Waals surface area contributed by atoms with E-state index in [-0.39, 0.29) is 0 Å². The van der Waals surface area contributed by atoms with Crippen molar-refractivity contribution < 1.29 is 4.52 Å². The Bertz CT molecular complexity index is 649. The van der Waals surface area contributed by atoms with Crippen molar-refractivity contribution in [1.82, 2.24) is 29.7 Å². The van der Waals surface area contributed by atoms with E-state index in [1.54, 1.807) is 24.9 Å². The maximum absolute atomic E-state index is 5.14. The average Bonchev–Trinajstić information content (AvgIpc) is 3.01. The average molecular weight is 307 g/mol. The smallest absolute Gasteiger partial charge is 0.246 e. The van der Waals surface area contributed by atoms with Crippen LogP contribution < -0.4 is 0 Å². The minimum atomic E-state index is 0.428. The van der Waals surface area contributed by atoms with Crippen molar-refractivity contribution in [1.29, 1.82) is 0 Å². The molecule has 0 aromatic carbocycles. The fraction of sp³-hybridized carbons (Fsp3) is 0.100. The van der Waals surface area contributed by atoms with E-state index in [1.165, 1.54) is 0 Å². The minimum absolute atomic E-state index is 0.428. The highest BCUT2D eigenvalue weighted by atomic mass is 79.9. The molecule has 0 saturated heterocycles. The molecule has 0 bridgehead atoms. The van der Waals surface area contributed by atoms with Crippen molar-refractivity contribution in [3.05, 3.63) is 41.6 Å². The Kier molecular flexibility index (Phi) is 2.85. The molecule has 8 heteroatoms. The number of hydrogen-bond donors (Lipinski definition) is 0. The Hall–Kier alpha value is -2.09. The lowest BCUT2D eigenvalue weighted by molar-refractivity contribution is 0.371. The van der Waals surface area contributed by atoms with Gasteiger partial charge in [0.2, 0.25) is 11.7 Å². The molecule has 0 atom stereocenters. The molecular formula is C10H7BrN6O. The van der Waals surface area contributed by atoms with Crippen LogP contribution >= 0.6 is 15.9 Å². The first-order valence-electron chi connectivity index (χ1n) is 5.07. The van der Waals surface area contributed by atoms with E-state index in [0.29, 0.717) is 24.0 Å². The molecule has 0 amide bonds. The molecule has 0 fully saturated rings. The van der Waals surface area contributed by atoms with E-state index in [0.717, 1.165) is 4.60 Å². The number of halogens is 1. The van der Waals surface area contributed by atoms with Crippen molar-refractivity contribution >= 4 is 15.9 Å². The molecule has 0 aliphatic heterocycles. The Morgan fingerprint density at radius 1 is 1.28 bits per heavy atom. The van der Waals surface area contributed by atoms with Gasteiger partial charge in [0.1, 0.15) is 16.8 Å². The maximum Gasteiger partial charge on any atom is 0.246 e. The predicted octanol–water partition coefficient (Wildman–Crippen LogP) is 1.53. The number of rotatable bonds is 3. The summed E-state index contributed by atoms with van der Waals surface area (Å²) in [6.07, 6.45) is 8.26. The monoisotopic (exact) mass is 306 g/mol. The van der Waals surface area contributed by atoms with E-state index >= 15 is 0 Å². The molecule has 90 valence electrons. The normalized spacial score (nSPS) is 10.7. The quantitative estimate of drug-likeness (QED) is 0.730. The number of aromatic nitrogens is 6. The van der Waals surface area contributed by atoms with Gasteiger partial charge in [-0.1, -0.05) is 5.16 Å². The SMILES string of the molecule is Brc1cn(Cc2nc(-c3cnccn3)no2)cn1. The maximum atomic E-state index is 5.14. The molecule has 0 radical (unpaired) electrons. The molecule has 3 aromatic rings. The van der Waals surface area contributed by atoms with Gasteiger partial charge in [0.05, 0.1) is 12.5 Å². The first kappa shape index (κ1) is 11.0. The molecule has 3 aromatic heterocycles. The van der Waals surface area contributed by atoms with Gasteiger partial charge in [0.15, 0.2) is 0 Å². The van der Waals surface area contributed by atoms with Gasteiger partial charge in [-0.15, -0.1) is 0 Å². The van der Waals surface area contributed by atoms with E-state index in [4.69, 9.17) is 4.52 Å². The minimum Gasteiger partial charge on any atom is -0.337 e. The highest BCUT2D eigenvalue weighted by molar-refractivity contribution is 9.10. The van der Waals surface area contributed by atoms with Crippen molar-refractivity contribution in [3.63, 3.8) is 0 Å². The third kappa shape index (κ3) is 2.28. The zero-order valence-electron chi connectivity index (χ0n) is 9.06. The summed E-state index contributed by atoms with van der Waals surface area (Å²) in [7, 11) is 0. The first-order chi connectivity index (χ1) is 8.81. The summed E-state index contributed by atoms with van der Waals surface area (Å²) >= 11 is 3.27. The molecule has 0 aliphatic rings. The van der Waals surface area contributed by atoms with Gasteiger partial charge in [0, 0.05) is 18.6 Å². The molecular weight excluding hydrogens is 300 g/mol. The van der Waals surface area contributed by atoms with Crippen LogP contribution in [0.1, 0.15) is 5.89 Å². The molecule has 0 spiro atoms. The molecule has 0 aliphatic carbocycles. The van der Waals surface area contributed by atoms with Crippen LogP contribution in [-0.4, -0.2) is 29.7 Å². The highest BCUT2D eigenvalue weighted by Crippen LogP contribution is 2.12. The summed E-state index contributed by atoms with van der Waals surface area (Å²) in [4.78, 5) is 16.3. The summed E-state index contributed by atoms with van der Waals surface area (Å²) in [5.74, 6) is 0.915. The number of hydrogen-bond acceptors (Lipinski definition) is 6. The Labute approximate surface area is 110 Å². The van der Waals surface area contributed by atoms with Gasteiger partial charge in [-0.25, -0.2) is 9.97 Å². The van der Waals surface area contributed by atoms with Gasteiger partial charge < -0.3 is 9.09 Å². The first-order valence-corrected chi connectivity index (χ1v) is 5.87. The zero-order valence-corrected chi connectivity index (χ0v) is 10.6. The Morgan fingerprint density at radius 2 is 2.22 bits per heavy atom. The van der Waals surface area contributed by atoms with Crippen molar-refractivity contribution in [2.75, 3.05) is 0 Å². The highest BCUT2D eigenvalue weighted by Gasteiger charge is 2.10. The third-order valence-corrected chi connectivity index (χ3v) is 2.59. The number of imidazole rings is 1. The van der Waals surface area contributed by atoms with Gasteiger partial charge >= 0.3 is 0 Å². The largest absolute Gasteiger partial charge is 0.337 e. The van der Waals surface area contributed by atoms with Crippen molar-refractivity contribution in [2.24, 2.45) is 0 Å². The molecule has 0 saturated carbocycles. The van der Waals surface area contributed by atoms with Crippen LogP contribution in [0.25, 0.3) is 11.5 Å². The predicted molar refractivity (Wildman–Crippen MR) is 64.4 cm³/mol. The fourth-order valence-corrected chi connectivity index (χ4v) is 1.77. The Morgan fingerprint density at radius 3 is 2.94 bits per heavy atom. The standard InChI is InChI=1S/C10H7BrN6O/c11-8-4-17(6-14-8)5-9-15-10(16-18-9)7-3-12-1-2-13-7/h1-4,6H,5H2. The molecule has 18 heavy (non-hydrogen) atoms. The molecule has 0 unspecified atom stereocenters. The van der Waals surface area contributed by atoms with E-state index < -0.39 is 0 Å². The Balaban J connectivity index is 1.82. The van der Waals surface area contributed by atoms with Gasteiger partial charge in [0.25, 0.3) is 0 Å². The van der Waals surface area contributed by atoms with Crippen molar-refractivity contribution in [2.45, 2.75) is 6.54 Å². The third-order valence-electron chi connectivity index (χ3n) is 2.18. The van der Waals surface area contributed by atoms with E-state index in [1.807, 2.05) is 10.8 Å². The molecule has 0 N–H and O–H groups in total. The topological polar surface area (TPSA) is 82.5 Å². The lowest BCUT2D eigenvalue weighted by atomic mass is 10.4. The second-order valence-corrected chi connectivity index (χ2v) is 4.28. The second kappa shape index (κ2) is 4.65. The fourth-order valence-electron chi connectivity index (χ4n) is 1.41. The van der Waals surface area contributed by atoms with Gasteiger partial charge in [-0.2, -0.15) is 4.98 Å². The van der Waals surface area contributed by atoms with Crippen LogP contribution in [0, 0.1) is 0 Å². The lowest BCUT2D eigenvalue weighted by Crippen LogP contribution is -1.96. The van der Waals surface area contributed by atoms with Crippen LogP contribution in [0.2, 0.25) is 0 Å². The molecule has 3 rings (SSSR count). The lowest BCUT2D eigenvalue weighted by Gasteiger charge is -1.93. The molecule has 7 nitrogen and oxygen atoms in total. The number of nitrogens with zero attached hydrogens (tertiary/aromatic N) is 6. The summed E-state index contributed by atoms with van der Waals surface area (Å²) in [5, 5.41) is 3.86. The molecule has 3 heterocycles. The van der Waals surface area contributed by atoms with E-state index in [9.17, 15) is 0 Å². The van der Waals surface area contributed by atoms with Crippen LogP contribution in [0.4, 0.5) is 0 Å². The van der Waals surface area contributed by atoms with Crippen LogP contribution in [0.15, 0.2) is 40.2 Å². The van der Waals surface area contributed by atoms with Crippen LogP contribution in [0.5, 0.6) is 0 Å². The summed E-state index contributed by atoms with van der Waals surface area (Å²) < 4.78 is 7.73. The summed E-state index contributed by atoms with van der Waals surface area (Å²) in [5.41, 5.74) is 0.583. The second-order valence-electron chi connectivity index (χ2n) is 3.47. The van der Waals surface area contributed by atoms with Gasteiger partial charge in [-0.05, 0) is 15.9 Å². The summed E-state index contributed by atoms with van der Waals surface area (Å²) in [6, 6.07) is 0.